The summed E-state index contributed by atoms with van der Waals surface area (Å²) in [5.41, 5.74) is 6.05. The highest BCUT2D eigenvalue weighted by atomic mass is 16.5. The SMILES string of the molecule is C=Cc1ccc2c(c1)COC(=N[C@@H]1CCc3ccccc31)N2. The standard InChI is InChI=1S/C19H18N2O/c1-2-13-7-9-17-15(11-13)12-22-19(20-17)21-18-10-8-14-5-3-4-6-16(14)18/h2-7,9,11,18H,1,8,10,12H2,(H,20,21)/t18-/m1/s1. The summed E-state index contributed by atoms with van der Waals surface area (Å²) in [7, 11) is 0. The minimum absolute atomic E-state index is 0.202. The van der Waals surface area contributed by atoms with Crippen LogP contribution in [-0.2, 0) is 17.8 Å². The fraction of sp³-hybridized carbons (Fsp3) is 0.211. The van der Waals surface area contributed by atoms with Gasteiger partial charge in [0.15, 0.2) is 0 Å². The van der Waals surface area contributed by atoms with Crippen molar-refractivity contribution in [2.45, 2.75) is 25.5 Å². The largest absolute Gasteiger partial charge is 0.460 e. The average Bonchev–Trinajstić information content (AvgIpc) is 2.97. The molecule has 1 aliphatic carbocycles. The van der Waals surface area contributed by atoms with Crippen LogP contribution in [0.25, 0.3) is 6.08 Å². The van der Waals surface area contributed by atoms with Crippen LogP contribution >= 0.6 is 0 Å². The number of nitrogens with one attached hydrogen (secondary N) is 1. The van der Waals surface area contributed by atoms with Gasteiger partial charge < -0.3 is 10.1 Å². The molecule has 0 fully saturated rings. The zero-order chi connectivity index (χ0) is 14.9. The maximum absolute atomic E-state index is 5.79. The van der Waals surface area contributed by atoms with Crippen molar-refractivity contribution >= 4 is 17.8 Å². The van der Waals surface area contributed by atoms with Gasteiger partial charge in [0.05, 0.1) is 6.04 Å². The third kappa shape index (κ3) is 2.29. The van der Waals surface area contributed by atoms with Crippen LogP contribution in [-0.4, -0.2) is 6.02 Å². The normalized spacial score (nSPS) is 20.7. The number of benzene rings is 2. The maximum atomic E-state index is 5.79. The number of nitrogens with zero attached hydrogens (tertiary/aromatic N) is 1. The molecule has 0 saturated heterocycles. The third-order valence-electron chi connectivity index (χ3n) is 4.35. The second-order valence-corrected chi connectivity index (χ2v) is 5.72. The summed E-state index contributed by atoms with van der Waals surface area (Å²) in [4.78, 5) is 4.78. The highest BCUT2D eigenvalue weighted by molar-refractivity contribution is 5.92. The van der Waals surface area contributed by atoms with Crippen LogP contribution in [0.1, 0.15) is 34.7 Å². The van der Waals surface area contributed by atoms with Crippen LogP contribution in [0, 0.1) is 0 Å². The molecule has 0 bridgehead atoms. The Bertz CT molecular complexity index is 764. The molecule has 3 nitrogen and oxygen atoms in total. The Morgan fingerprint density at radius 1 is 1.18 bits per heavy atom. The van der Waals surface area contributed by atoms with Gasteiger partial charge in [-0.25, -0.2) is 4.99 Å². The zero-order valence-corrected chi connectivity index (χ0v) is 12.4. The highest BCUT2D eigenvalue weighted by Gasteiger charge is 2.23. The second-order valence-electron chi connectivity index (χ2n) is 5.72. The Labute approximate surface area is 130 Å². The minimum atomic E-state index is 0.202. The van der Waals surface area contributed by atoms with Crippen molar-refractivity contribution in [3.05, 3.63) is 71.3 Å². The number of fused-ring (bicyclic) bond motifs is 2. The van der Waals surface area contributed by atoms with E-state index in [9.17, 15) is 0 Å². The van der Waals surface area contributed by atoms with Gasteiger partial charge in [0.2, 0.25) is 0 Å². The number of hydrogen-bond acceptors (Lipinski definition) is 2. The van der Waals surface area contributed by atoms with E-state index in [0.717, 1.165) is 29.7 Å². The number of aryl methyl sites for hydroxylation is 1. The quantitative estimate of drug-likeness (QED) is 0.894. The molecule has 1 heterocycles. The molecule has 2 aromatic rings. The number of amidine groups is 1. The van der Waals surface area contributed by atoms with E-state index < -0.39 is 0 Å². The number of rotatable bonds is 2. The van der Waals surface area contributed by atoms with E-state index in [1.807, 2.05) is 12.1 Å². The first-order valence-electron chi connectivity index (χ1n) is 7.64. The molecule has 0 unspecified atom stereocenters. The number of ether oxygens (including phenoxy) is 1. The molecule has 1 aliphatic heterocycles. The second kappa shape index (κ2) is 5.34. The lowest BCUT2D eigenvalue weighted by atomic mass is 10.1. The zero-order valence-electron chi connectivity index (χ0n) is 12.4. The molecule has 0 radical (unpaired) electrons. The van der Waals surface area contributed by atoms with Crippen LogP contribution in [0.3, 0.4) is 0 Å². The van der Waals surface area contributed by atoms with Crippen molar-refractivity contribution < 1.29 is 4.74 Å². The summed E-state index contributed by atoms with van der Waals surface area (Å²) in [6.07, 6.45) is 3.99. The summed E-state index contributed by atoms with van der Waals surface area (Å²) < 4.78 is 5.79. The van der Waals surface area contributed by atoms with Gasteiger partial charge in [0, 0.05) is 11.3 Å². The van der Waals surface area contributed by atoms with E-state index in [4.69, 9.17) is 9.73 Å². The average molecular weight is 290 g/mol. The molecule has 0 aromatic heterocycles. The van der Waals surface area contributed by atoms with Crippen molar-refractivity contribution in [3.8, 4) is 0 Å². The van der Waals surface area contributed by atoms with Crippen molar-refractivity contribution in [3.63, 3.8) is 0 Å². The Morgan fingerprint density at radius 2 is 2.09 bits per heavy atom. The van der Waals surface area contributed by atoms with Gasteiger partial charge in [-0.15, -0.1) is 0 Å². The summed E-state index contributed by atoms with van der Waals surface area (Å²) in [6, 6.07) is 15.6. The molecular weight excluding hydrogens is 272 g/mol. The van der Waals surface area contributed by atoms with E-state index in [1.165, 1.54) is 11.1 Å². The van der Waals surface area contributed by atoms with Crippen LogP contribution < -0.4 is 5.32 Å². The molecule has 1 N–H and O–H groups in total. The Kier molecular flexibility index (Phi) is 3.19. The predicted molar refractivity (Wildman–Crippen MR) is 89.9 cm³/mol. The number of anilines is 1. The van der Waals surface area contributed by atoms with E-state index in [0.29, 0.717) is 12.6 Å². The topological polar surface area (TPSA) is 33.6 Å². The smallest absolute Gasteiger partial charge is 0.290 e. The lowest BCUT2D eigenvalue weighted by Gasteiger charge is -2.22. The van der Waals surface area contributed by atoms with Crippen molar-refractivity contribution in [2.75, 3.05) is 5.32 Å². The van der Waals surface area contributed by atoms with Crippen molar-refractivity contribution in [2.24, 2.45) is 4.99 Å². The van der Waals surface area contributed by atoms with Crippen molar-refractivity contribution in [1.82, 2.24) is 0 Å². The van der Waals surface area contributed by atoms with E-state index >= 15 is 0 Å². The van der Waals surface area contributed by atoms with Gasteiger partial charge in [0.1, 0.15) is 6.61 Å². The molecule has 2 aromatic carbocycles. The van der Waals surface area contributed by atoms with Gasteiger partial charge in [-0.1, -0.05) is 43.0 Å². The third-order valence-corrected chi connectivity index (χ3v) is 4.35. The van der Waals surface area contributed by atoms with E-state index in [-0.39, 0.29) is 6.04 Å². The molecule has 2 aliphatic rings. The highest BCUT2D eigenvalue weighted by Crippen LogP contribution is 2.34. The fourth-order valence-corrected chi connectivity index (χ4v) is 3.16. The first kappa shape index (κ1) is 13.1. The molecule has 3 heteroatoms. The first-order chi connectivity index (χ1) is 10.8. The Morgan fingerprint density at radius 3 is 3.00 bits per heavy atom. The number of hydrogen-bond donors (Lipinski definition) is 1. The Balaban J connectivity index is 1.59. The van der Waals surface area contributed by atoms with Crippen LogP contribution in [0.5, 0.6) is 0 Å². The predicted octanol–water partition coefficient (Wildman–Crippen LogP) is 4.32. The van der Waals surface area contributed by atoms with Crippen LogP contribution in [0.4, 0.5) is 5.69 Å². The molecular formula is C19H18N2O. The molecule has 0 spiro atoms. The van der Waals surface area contributed by atoms with Gasteiger partial charge in [-0.05, 0) is 41.7 Å². The van der Waals surface area contributed by atoms with Gasteiger partial charge in [-0.2, -0.15) is 0 Å². The van der Waals surface area contributed by atoms with E-state index in [2.05, 4.69) is 48.3 Å². The first-order valence-corrected chi connectivity index (χ1v) is 7.64. The lowest BCUT2D eigenvalue weighted by Crippen LogP contribution is -2.23. The molecule has 4 rings (SSSR count). The lowest BCUT2D eigenvalue weighted by molar-refractivity contribution is 0.282. The summed E-state index contributed by atoms with van der Waals surface area (Å²) in [6.45, 7) is 4.35. The molecule has 0 amide bonds. The monoisotopic (exact) mass is 290 g/mol. The summed E-state index contributed by atoms with van der Waals surface area (Å²) in [5.74, 6) is 0. The molecule has 22 heavy (non-hydrogen) atoms. The maximum Gasteiger partial charge on any atom is 0.290 e. The van der Waals surface area contributed by atoms with Gasteiger partial charge in [-0.3, -0.25) is 0 Å². The summed E-state index contributed by atoms with van der Waals surface area (Å²) in [5, 5.41) is 3.30. The molecule has 110 valence electrons. The Hall–Kier alpha value is -2.55. The molecule has 0 saturated carbocycles. The molecule has 1 atom stereocenters. The number of aliphatic imine (C=N–C) groups is 1. The van der Waals surface area contributed by atoms with Gasteiger partial charge >= 0.3 is 0 Å². The van der Waals surface area contributed by atoms with Crippen LogP contribution in [0.15, 0.2) is 54.0 Å². The fourth-order valence-electron chi connectivity index (χ4n) is 3.16. The minimum Gasteiger partial charge on any atom is -0.460 e. The van der Waals surface area contributed by atoms with Gasteiger partial charge in [0.25, 0.3) is 6.02 Å². The summed E-state index contributed by atoms with van der Waals surface area (Å²) >= 11 is 0. The van der Waals surface area contributed by atoms with E-state index in [1.54, 1.807) is 0 Å². The van der Waals surface area contributed by atoms with Crippen molar-refractivity contribution in [1.29, 1.82) is 0 Å². The van der Waals surface area contributed by atoms with Crippen LogP contribution in [0.2, 0.25) is 0 Å².